The molecule has 4 saturated carbocycles. The van der Waals surface area contributed by atoms with Crippen molar-refractivity contribution >= 4 is 5.91 Å². The van der Waals surface area contributed by atoms with E-state index < -0.39 is 0 Å². The number of carbonyl (C=O) groups excluding carboxylic acids is 1. The molecular formula is C18H25N7O. The van der Waals surface area contributed by atoms with Gasteiger partial charge in [0.1, 0.15) is 0 Å². The van der Waals surface area contributed by atoms with Crippen LogP contribution in [0.15, 0.2) is 18.7 Å². The molecule has 8 heteroatoms. The highest BCUT2D eigenvalue weighted by atomic mass is 16.1. The number of amides is 1. The lowest BCUT2D eigenvalue weighted by Gasteiger charge is -2.61. The third-order valence-corrected chi connectivity index (χ3v) is 6.61. The van der Waals surface area contributed by atoms with Gasteiger partial charge >= 0.3 is 0 Å². The number of aromatic nitrogens is 6. The third kappa shape index (κ3) is 2.62. The molecule has 4 fully saturated rings. The van der Waals surface area contributed by atoms with Crippen molar-refractivity contribution in [2.24, 2.45) is 18.9 Å². The summed E-state index contributed by atoms with van der Waals surface area (Å²) in [7, 11) is 1.90. The summed E-state index contributed by atoms with van der Waals surface area (Å²) in [5, 5.41) is 20.1. The normalized spacial score (nSPS) is 35.0. The van der Waals surface area contributed by atoms with Gasteiger partial charge in [-0.05, 0) is 67.6 Å². The van der Waals surface area contributed by atoms with Gasteiger partial charge in [-0.2, -0.15) is 9.90 Å². The van der Waals surface area contributed by atoms with Crippen molar-refractivity contribution in [2.45, 2.75) is 62.4 Å². The molecule has 2 aromatic rings. The van der Waals surface area contributed by atoms with Crippen LogP contribution < -0.4 is 5.32 Å². The Bertz CT molecular complexity index is 797. The van der Waals surface area contributed by atoms with Gasteiger partial charge in [-0.1, -0.05) is 0 Å². The van der Waals surface area contributed by atoms with E-state index in [0.717, 1.165) is 44.1 Å². The second-order valence-corrected chi connectivity index (χ2v) is 8.76. The number of aryl methyl sites for hydroxylation is 2. The summed E-state index contributed by atoms with van der Waals surface area (Å²) in [6.07, 6.45) is 13.2. The predicted octanol–water partition coefficient (Wildman–Crippen LogP) is 1.20. The zero-order valence-electron chi connectivity index (χ0n) is 15.1. The molecular weight excluding hydrogens is 330 g/mol. The number of carbonyl (C=O) groups is 1. The Kier molecular flexibility index (Phi) is 3.45. The highest BCUT2D eigenvalue weighted by Gasteiger charge is 2.60. The van der Waals surface area contributed by atoms with E-state index in [1.165, 1.54) is 12.7 Å². The van der Waals surface area contributed by atoms with Crippen LogP contribution in [-0.2, 0) is 23.8 Å². The molecule has 6 rings (SSSR count). The Balaban J connectivity index is 1.31. The van der Waals surface area contributed by atoms with Gasteiger partial charge < -0.3 is 5.32 Å². The van der Waals surface area contributed by atoms with Crippen LogP contribution in [-0.4, -0.2) is 41.4 Å². The number of rotatable bonds is 5. The monoisotopic (exact) mass is 355 g/mol. The van der Waals surface area contributed by atoms with Gasteiger partial charge in [0.15, 0.2) is 6.33 Å². The third-order valence-electron chi connectivity index (χ3n) is 6.61. The van der Waals surface area contributed by atoms with Gasteiger partial charge in [0.2, 0.25) is 5.91 Å². The molecule has 26 heavy (non-hydrogen) atoms. The molecule has 138 valence electrons. The summed E-state index contributed by atoms with van der Waals surface area (Å²) < 4.78 is 1.78. The van der Waals surface area contributed by atoms with E-state index in [0.29, 0.717) is 18.3 Å². The van der Waals surface area contributed by atoms with Crippen LogP contribution in [0.4, 0.5) is 0 Å². The van der Waals surface area contributed by atoms with Crippen LogP contribution in [0.3, 0.4) is 0 Å². The van der Waals surface area contributed by atoms with Gasteiger partial charge in [-0.15, -0.1) is 10.2 Å². The Morgan fingerprint density at radius 1 is 1.27 bits per heavy atom. The SMILES string of the molecule is Cn1cc(CCC(=O)NC23CC4CC(C2)CC(n2ncnn2)(C4)C3)cn1. The minimum absolute atomic E-state index is 0.0583. The van der Waals surface area contributed by atoms with E-state index in [-0.39, 0.29) is 17.0 Å². The molecule has 2 aromatic heterocycles. The average molecular weight is 355 g/mol. The standard InChI is InChI=1S/C18H25N7O/c1-24-10-13(9-20-24)2-3-16(26)22-17-5-14-4-15(6-17)8-18(7-14,11-17)25-21-12-19-23-25/h9-10,12,14-15H,2-8,11H2,1H3,(H,22,26). The van der Waals surface area contributed by atoms with Gasteiger partial charge in [-0.3, -0.25) is 9.48 Å². The van der Waals surface area contributed by atoms with Crippen molar-refractivity contribution in [1.29, 1.82) is 0 Å². The van der Waals surface area contributed by atoms with E-state index in [2.05, 4.69) is 25.8 Å². The van der Waals surface area contributed by atoms with Crippen molar-refractivity contribution in [2.75, 3.05) is 0 Å². The van der Waals surface area contributed by atoms with Gasteiger partial charge in [0.05, 0.1) is 11.7 Å². The number of nitrogens with zero attached hydrogens (tertiary/aromatic N) is 6. The summed E-state index contributed by atoms with van der Waals surface area (Å²) in [5.74, 6) is 1.46. The number of hydrogen-bond donors (Lipinski definition) is 1. The molecule has 1 amide bonds. The van der Waals surface area contributed by atoms with E-state index in [9.17, 15) is 4.79 Å². The second-order valence-electron chi connectivity index (χ2n) is 8.76. The minimum Gasteiger partial charge on any atom is -0.351 e. The van der Waals surface area contributed by atoms with Gasteiger partial charge in [0.25, 0.3) is 0 Å². The fourth-order valence-corrected chi connectivity index (χ4v) is 6.20. The van der Waals surface area contributed by atoms with Crippen LogP contribution >= 0.6 is 0 Å². The summed E-state index contributed by atoms with van der Waals surface area (Å²) in [5.41, 5.74) is 0.956. The molecule has 0 aromatic carbocycles. The Labute approximate surface area is 152 Å². The van der Waals surface area contributed by atoms with Crippen molar-refractivity contribution in [3.63, 3.8) is 0 Å². The fourth-order valence-electron chi connectivity index (χ4n) is 6.20. The van der Waals surface area contributed by atoms with Crippen molar-refractivity contribution in [1.82, 2.24) is 35.3 Å². The molecule has 4 bridgehead atoms. The topological polar surface area (TPSA) is 90.5 Å². The maximum absolute atomic E-state index is 12.7. The summed E-state index contributed by atoms with van der Waals surface area (Å²) >= 11 is 0. The molecule has 0 radical (unpaired) electrons. The van der Waals surface area contributed by atoms with E-state index in [1.54, 1.807) is 4.68 Å². The molecule has 4 aliphatic rings. The van der Waals surface area contributed by atoms with Gasteiger partial charge in [-0.25, -0.2) is 0 Å². The van der Waals surface area contributed by atoms with Crippen molar-refractivity contribution < 1.29 is 4.79 Å². The molecule has 2 unspecified atom stereocenters. The first-order chi connectivity index (χ1) is 12.5. The number of tetrazole rings is 1. The maximum Gasteiger partial charge on any atom is 0.220 e. The highest BCUT2D eigenvalue weighted by molar-refractivity contribution is 5.77. The lowest BCUT2D eigenvalue weighted by atomic mass is 9.50. The van der Waals surface area contributed by atoms with E-state index in [4.69, 9.17) is 0 Å². The lowest BCUT2D eigenvalue weighted by molar-refractivity contribution is -0.131. The zero-order chi connectivity index (χ0) is 17.8. The predicted molar refractivity (Wildman–Crippen MR) is 92.9 cm³/mol. The first-order valence-corrected chi connectivity index (χ1v) is 9.56. The molecule has 4 aliphatic carbocycles. The number of nitrogens with one attached hydrogen (secondary N) is 1. The smallest absolute Gasteiger partial charge is 0.220 e. The van der Waals surface area contributed by atoms with Crippen LogP contribution in [0.25, 0.3) is 0 Å². The molecule has 2 heterocycles. The first kappa shape index (κ1) is 16.0. The first-order valence-electron chi connectivity index (χ1n) is 9.56. The molecule has 1 N–H and O–H groups in total. The Hall–Kier alpha value is -2.25. The van der Waals surface area contributed by atoms with Crippen molar-refractivity contribution in [3.8, 4) is 0 Å². The van der Waals surface area contributed by atoms with Crippen LogP contribution in [0.2, 0.25) is 0 Å². The quantitative estimate of drug-likeness (QED) is 0.870. The Morgan fingerprint density at radius 3 is 2.73 bits per heavy atom. The summed E-state index contributed by atoms with van der Waals surface area (Å²) in [4.78, 5) is 14.5. The van der Waals surface area contributed by atoms with Crippen molar-refractivity contribution in [3.05, 3.63) is 24.3 Å². The number of hydrogen-bond acceptors (Lipinski definition) is 5. The van der Waals surface area contributed by atoms with Crippen LogP contribution in [0, 0.1) is 11.8 Å². The molecule has 0 aliphatic heterocycles. The zero-order valence-corrected chi connectivity index (χ0v) is 15.1. The van der Waals surface area contributed by atoms with Gasteiger partial charge in [0, 0.05) is 25.2 Å². The maximum atomic E-state index is 12.7. The van der Waals surface area contributed by atoms with Crippen LogP contribution in [0.5, 0.6) is 0 Å². The largest absolute Gasteiger partial charge is 0.351 e. The summed E-state index contributed by atoms with van der Waals surface area (Å²) in [6, 6.07) is 0. The van der Waals surface area contributed by atoms with E-state index in [1.807, 2.05) is 24.2 Å². The minimum atomic E-state index is -0.0935. The van der Waals surface area contributed by atoms with E-state index >= 15 is 0 Å². The lowest BCUT2D eigenvalue weighted by Crippen LogP contribution is -2.66. The second kappa shape index (κ2) is 5.62. The Morgan fingerprint density at radius 2 is 2.08 bits per heavy atom. The van der Waals surface area contributed by atoms with Crippen LogP contribution in [0.1, 0.15) is 50.5 Å². The molecule has 0 spiro atoms. The fraction of sp³-hybridized carbons (Fsp3) is 0.722. The average Bonchev–Trinajstić information content (AvgIpc) is 3.23. The molecule has 0 saturated heterocycles. The molecule has 8 nitrogen and oxygen atoms in total. The molecule has 2 atom stereocenters. The summed E-state index contributed by atoms with van der Waals surface area (Å²) in [6.45, 7) is 0. The highest BCUT2D eigenvalue weighted by Crippen LogP contribution is 2.60.